The Morgan fingerprint density at radius 2 is 1.54 bits per heavy atom. The van der Waals surface area contributed by atoms with Crippen molar-refractivity contribution in [1.29, 1.82) is 0 Å². The van der Waals surface area contributed by atoms with Crippen LogP contribution in [0.25, 0.3) is 12.2 Å². The van der Waals surface area contributed by atoms with Gasteiger partial charge in [0.25, 0.3) is 0 Å². The predicted octanol–water partition coefficient (Wildman–Crippen LogP) is 3.95. The van der Waals surface area contributed by atoms with E-state index in [1.807, 2.05) is 30.4 Å². The molecule has 0 spiro atoms. The average molecular weight is 397 g/mol. The maximum absolute atomic E-state index is 11.2. The summed E-state index contributed by atoms with van der Waals surface area (Å²) in [4.78, 5) is 12.8. The summed E-state index contributed by atoms with van der Waals surface area (Å²) in [6, 6.07) is 7.52. The van der Waals surface area contributed by atoms with Gasteiger partial charge in [0.05, 0.1) is 0 Å². The number of carbonyl (C=O) groups is 1. The van der Waals surface area contributed by atoms with E-state index in [1.165, 1.54) is 7.11 Å². The van der Waals surface area contributed by atoms with E-state index in [-0.39, 0.29) is 0 Å². The summed E-state index contributed by atoms with van der Waals surface area (Å²) in [5, 5.41) is 0. The standard InChI is InChI=1S/C21H22O4.Ni/c1-6-15-11-19(23-3)20(24-4)12-17(15)9-7-16-8-10-18(13-22)21(25-5)14(16)2;/h2,7-13H,6H2,1,3-5H3;. The Bertz CT molecular complexity index is 840. The van der Waals surface area contributed by atoms with Gasteiger partial charge in [-0.2, -0.15) is 0 Å². The molecule has 0 fully saturated rings. The molecule has 0 aliphatic carbocycles. The fourth-order valence-electron chi connectivity index (χ4n) is 2.77. The van der Waals surface area contributed by atoms with Crippen LogP contribution in [0.4, 0.5) is 0 Å². The fourth-order valence-corrected chi connectivity index (χ4v) is 3.06. The number of benzene rings is 2. The van der Waals surface area contributed by atoms with Crippen LogP contribution in [0.5, 0.6) is 17.2 Å². The third-order valence-electron chi connectivity index (χ3n) is 4.15. The van der Waals surface area contributed by atoms with E-state index in [0.717, 1.165) is 35.0 Å². The normalized spacial score (nSPS) is 10.7. The van der Waals surface area contributed by atoms with E-state index in [4.69, 9.17) is 29.2 Å². The maximum atomic E-state index is 11.2. The monoisotopic (exact) mass is 396 g/mol. The second kappa shape index (κ2) is 9.35. The van der Waals surface area contributed by atoms with Gasteiger partial charge in [0.2, 0.25) is 0 Å². The van der Waals surface area contributed by atoms with Gasteiger partial charge >= 0.3 is 161 Å². The molecule has 0 saturated heterocycles. The van der Waals surface area contributed by atoms with Gasteiger partial charge in [0.15, 0.2) is 0 Å². The first-order valence-corrected chi connectivity index (χ1v) is 8.69. The number of hydrogen-bond acceptors (Lipinski definition) is 4. The molecule has 4 nitrogen and oxygen atoms in total. The van der Waals surface area contributed by atoms with Gasteiger partial charge in [0.1, 0.15) is 0 Å². The van der Waals surface area contributed by atoms with Crippen molar-refractivity contribution in [3.8, 4) is 17.2 Å². The van der Waals surface area contributed by atoms with Gasteiger partial charge in [0, 0.05) is 0 Å². The van der Waals surface area contributed by atoms with Crippen molar-refractivity contribution < 1.29 is 34.0 Å². The second-order valence-corrected chi connectivity index (χ2v) is 5.78. The molecule has 2 aromatic rings. The first-order valence-electron chi connectivity index (χ1n) is 8.12. The molecule has 0 unspecified atom stereocenters. The topological polar surface area (TPSA) is 44.8 Å². The zero-order valence-electron chi connectivity index (χ0n) is 15.3. The average Bonchev–Trinajstić information content (AvgIpc) is 2.70. The van der Waals surface area contributed by atoms with Crippen molar-refractivity contribution in [2.45, 2.75) is 13.3 Å². The third kappa shape index (κ3) is 4.05. The quantitative estimate of drug-likeness (QED) is 0.385. The molecule has 0 aliphatic rings. The molecule has 0 aliphatic heterocycles. The molecule has 0 amide bonds. The number of aryl methyl sites for hydroxylation is 1. The fraction of sp³-hybridized carbons (Fsp3) is 0.238. The molecule has 2 aromatic carbocycles. The molecule has 0 N–H and O–H groups in total. The van der Waals surface area contributed by atoms with Crippen LogP contribution in [0, 0.1) is 0 Å². The molecule has 2 rings (SSSR count). The molecule has 5 heteroatoms. The van der Waals surface area contributed by atoms with Crippen LogP contribution in [-0.2, 0) is 21.5 Å². The van der Waals surface area contributed by atoms with Gasteiger partial charge < -0.3 is 0 Å². The minimum atomic E-state index is 0.480. The summed E-state index contributed by atoms with van der Waals surface area (Å²) in [6.07, 6.45) is 5.59. The van der Waals surface area contributed by atoms with Crippen molar-refractivity contribution in [2.75, 3.05) is 21.3 Å². The van der Waals surface area contributed by atoms with Crippen molar-refractivity contribution in [3.63, 3.8) is 0 Å². The Balaban J connectivity index is 2.53. The molecule has 0 heterocycles. The van der Waals surface area contributed by atoms with Crippen LogP contribution < -0.4 is 14.2 Å². The number of hydrogen-bond donors (Lipinski definition) is 0. The van der Waals surface area contributed by atoms with E-state index in [0.29, 0.717) is 22.8 Å². The van der Waals surface area contributed by atoms with E-state index >= 15 is 0 Å². The van der Waals surface area contributed by atoms with Gasteiger partial charge in [-0.05, 0) is 0 Å². The number of methoxy groups -OCH3 is 3. The Morgan fingerprint density at radius 3 is 2.08 bits per heavy atom. The Labute approximate surface area is 161 Å². The SMILES string of the molecule is CCc1cc(OC)c(OC)cc1C=Cc1ccc(C=O)c(OC)c1[CH]=[Ni]. The van der Waals surface area contributed by atoms with Gasteiger partial charge in [-0.1, -0.05) is 0 Å². The van der Waals surface area contributed by atoms with Crippen LogP contribution >= 0.6 is 0 Å². The minimum absolute atomic E-state index is 0.480. The summed E-state index contributed by atoms with van der Waals surface area (Å²) in [7, 11) is 4.78. The summed E-state index contributed by atoms with van der Waals surface area (Å²) in [5.41, 5.74) is 4.26. The second-order valence-electron chi connectivity index (χ2n) is 5.49. The zero-order valence-corrected chi connectivity index (χ0v) is 16.3. The van der Waals surface area contributed by atoms with E-state index in [2.05, 4.69) is 6.92 Å². The molecule has 0 radical (unpaired) electrons. The molecule has 0 saturated carbocycles. The van der Waals surface area contributed by atoms with Crippen molar-refractivity contribution >= 4 is 23.4 Å². The number of carbonyl (C=O) groups excluding carboxylic acids is 1. The predicted molar refractivity (Wildman–Crippen MR) is 101 cm³/mol. The number of rotatable bonds is 8. The Hall–Kier alpha value is -2.39. The van der Waals surface area contributed by atoms with Crippen LogP contribution in [0.3, 0.4) is 0 Å². The zero-order chi connectivity index (χ0) is 19.1. The first kappa shape index (κ1) is 19.9. The summed E-state index contributed by atoms with van der Waals surface area (Å²) < 4.78 is 16.1. The van der Waals surface area contributed by atoms with Crippen LogP contribution in [0.15, 0.2) is 24.3 Å². The Kier molecular flexibility index (Phi) is 7.17. The molecule has 0 atom stereocenters. The molecular weight excluding hydrogens is 375 g/mol. The van der Waals surface area contributed by atoms with Crippen molar-refractivity contribution in [3.05, 3.63) is 52.1 Å². The van der Waals surface area contributed by atoms with E-state index in [1.54, 1.807) is 25.3 Å². The van der Waals surface area contributed by atoms with Crippen molar-refractivity contribution in [1.82, 2.24) is 0 Å². The van der Waals surface area contributed by atoms with Gasteiger partial charge in [-0.15, -0.1) is 0 Å². The van der Waals surface area contributed by atoms with Crippen LogP contribution in [-0.4, -0.2) is 32.6 Å². The van der Waals surface area contributed by atoms with Gasteiger partial charge in [-0.3, -0.25) is 0 Å². The van der Waals surface area contributed by atoms with E-state index in [9.17, 15) is 4.79 Å². The van der Waals surface area contributed by atoms with Crippen LogP contribution in [0.1, 0.15) is 39.5 Å². The molecule has 0 bridgehead atoms. The molecule has 0 aromatic heterocycles. The summed E-state index contributed by atoms with van der Waals surface area (Å²) in [5.74, 6) is 1.88. The summed E-state index contributed by atoms with van der Waals surface area (Å²) >= 11 is 4.81. The van der Waals surface area contributed by atoms with E-state index < -0.39 is 0 Å². The number of ether oxygens (including phenoxy) is 3. The number of aldehydes is 1. The first-order chi connectivity index (χ1) is 12.6. The third-order valence-corrected chi connectivity index (χ3v) is 4.44. The van der Waals surface area contributed by atoms with Gasteiger partial charge in [-0.25, -0.2) is 0 Å². The summed E-state index contributed by atoms with van der Waals surface area (Å²) in [6.45, 7) is 2.09. The molecule has 140 valence electrons. The van der Waals surface area contributed by atoms with Crippen molar-refractivity contribution in [2.24, 2.45) is 0 Å². The molecular formula is C21H22NiO4. The Morgan fingerprint density at radius 1 is 0.923 bits per heavy atom. The molecule has 26 heavy (non-hydrogen) atoms. The van der Waals surface area contributed by atoms with Crippen LogP contribution in [0.2, 0.25) is 0 Å².